The minimum Gasteiger partial charge on any atom is -0.308 e. The van der Waals surface area contributed by atoms with Crippen molar-refractivity contribution < 1.29 is 0 Å². The Hall–Kier alpha value is -1.55. The summed E-state index contributed by atoms with van der Waals surface area (Å²) in [5.74, 6) is 0. The molecule has 0 aliphatic rings. The van der Waals surface area contributed by atoms with Gasteiger partial charge in [-0.3, -0.25) is 4.68 Å². The van der Waals surface area contributed by atoms with Crippen LogP contribution in [0.3, 0.4) is 0 Å². The zero-order valence-electron chi connectivity index (χ0n) is 12.7. The maximum absolute atomic E-state index is 6.17. The van der Waals surface area contributed by atoms with Crippen LogP contribution >= 0.6 is 24.0 Å². The van der Waals surface area contributed by atoms with Crippen LogP contribution in [0.15, 0.2) is 48.5 Å². The molecule has 0 bridgehead atoms. The number of aromatic nitrogens is 2. The fourth-order valence-corrected chi connectivity index (χ4v) is 2.60. The lowest BCUT2D eigenvalue weighted by Crippen LogP contribution is -2.18. The van der Waals surface area contributed by atoms with E-state index in [1.807, 2.05) is 36.4 Å². The van der Waals surface area contributed by atoms with Gasteiger partial charge in [-0.1, -0.05) is 41.9 Å². The van der Waals surface area contributed by atoms with Crippen molar-refractivity contribution in [3.05, 3.63) is 53.6 Å². The first-order chi connectivity index (χ1) is 10.1. The summed E-state index contributed by atoms with van der Waals surface area (Å²) in [6.07, 6.45) is 0. The average Bonchev–Trinajstić information content (AvgIpc) is 2.84. The van der Waals surface area contributed by atoms with E-state index in [4.69, 9.17) is 16.7 Å². The molecule has 3 nitrogen and oxygen atoms in total. The topological polar surface area (TPSA) is 21.1 Å². The number of halogens is 2. The molecule has 0 N–H and O–H groups in total. The molecule has 3 aromatic rings. The van der Waals surface area contributed by atoms with Gasteiger partial charge >= 0.3 is 0 Å². The van der Waals surface area contributed by atoms with Crippen LogP contribution in [-0.4, -0.2) is 35.3 Å². The number of nitrogens with zero attached hydrogens (tertiary/aromatic N) is 3. The van der Waals surface area contributed by atoms with Gasteiger partial charge in [0.1, 0.15) is 5.69 Å². The molecule has 1 aromatic heterocycles. The molecule has 3 rings (SSSR count). The number of hydrogen-bond donors (Lipinski definition) is 0. The molecule has 116 valence electrons. The van der Waals surface area contributed by atoms with Crippen molar-refractivity contribution in [3.63, 3.8) is 0 Å². The monoisotopic (exact) mass is 335 g/mol. The molecule has 2 aromatic carbocycles. The van der Waals surface area contributed by atoms with Gasteiger partial charge in [-0.15, -0.1) is 12.4 Å². The lowest BCUT2D eigenvalue weighted by Gasteiger charge is -2.09. The fraction of sp³-hybridized carbons (Fsp3) is 0.235. The molecule has 0 saturated carbocycles. The first kappa shape index (κ1) is 16.8. The van der Waals surface area contributed by atoms with E-state index in [-0.39, 0.29) is 12.4 Å². The van der Waals surface area contributed by atoms with Crippen molar-refractivity contribution >= 4 is 34.9 Å². The van der Waals surface area contributed by atoms with Gasteiger partial charge in [-0.05, 0) is 32.3 Å². The van der Waals surface area contributed by atoms with Crippen LogP contribution in [0.1, 0.15) is 0 Å². The van der Waals surface area contributed by atoms with Gasteiger partial charge in [0.25, 0.3) is 0 Å². The highest BCUT2D eigenvalue weighted by Crippen LogP contribution is 2.29. The zero-order chi connectivity index (χ0) is 14.8. The molecule has 5 heteroatoms. The largest absolute Gasteiger partial charge is 0.308 e. The van der Waals surface area contributed by atoms with Gasteiger partial charge in [-0.2, -0.15) is 5.10 Å². The maximum atomic E-state index is 6.17. The van der Waals surface area contributed by atoms with Crippen LogP contribution in [-0.2, 0) is 6.54 Å². The zero-order valence-corrected chi connectivity index (χ0v) is 14.2. The summed E-state index contributed by atoms with van der Waals surface area (Å²) in [4.78, 5) is 2.16. The molecule has 0 unspecified atom stereocenters. The van der Waals surface area contributed by atoms with Crippen molar-refractivity contribution in [1.29, 1.82) is 0 Å². The van der Waals surface area contributed by atoms with E-state index in [0.717, 1.165) is 40.3 Å². The third-order valence-electron chi connectivity index (χ3n) is 3.52. The highest BCUT2D eigenvalue weighted by atomic mass is 35.5. The van der Waals surface area contributed by atoms with Gasteiger partial charge in [0, 0.05) is 22.5 Å². The van der Waals surface area contributed by atoms with Crippen LogP contribution < -0.4 is 0 Å². The molecule has 22 heavy (non-hydrogen) atoms. The Morgan fingerprint density at radius 3 is 2.50 bits per heavy atom. The van der Waals surface area contributed by atoms with E-state index in [1.54, 1.807) is 0 Å². The van der Waals surface area contributed by atoms with Crippen LogP contribution in [0.4, 0.5) is 0 Å². The number of rotatable bonds is 4. The molecule has 0 aliphatic carbocycles. The minimum atomic E-state index is 0. The highest BCUT2D eigenvalue weighted by molar-refractivity contribution is 6.31. The van der Waals surface area contributed by atoms with E-state index >= 15 is 0 Å². The normalized spacial score (nSPS) is 10.9. The number of fused-ring (bicyclic) bond motifs is 1. The third-order valence-corrected chi connectivity index (χ3v) is 3.75. The second-order valence-electron chi connectivity index (χ2n) is 5.40. The van der Waals surface area contributed by atoms with Gasteiger partial charge in [-0.25, -0.2) is 0 Å². The number of benzene rings is 2. The smallest absolute Gasteiger partial charge is 0.100 e. The SMILES string of the molecule is CN(C)CCn1nc(-c2ccccc2)c2cc(Cl)ccc21.Cl. The van der Waals surface area contributed by atoms with E-state index in [9.17, 15) is 0 Å². The van der Waals surface area contributed by atoms with Crippen molar-refractivity contribution in [2.24, 2.45) is 0 Å². The quantitative estimate of drug-likeness (QED) is 0.707. The predicted octanol–water partition coefficient (Wildman–Crippen LogP) is 4.34. The molecule has 0 radical (unpaired) electrons. The van der Waals surface area contributed by atoms with Gasteiger partial charge in [0.05, 0.1) is 12.1 Å². The molecule has 0 spiro atoms. The fourth-order valence-electron chi connectivity index (χ4n) is 2.43. The van der Waals surface area contributed by atoms with Crippen molar-refractivity contribution in [1.82, 2.24) is 14.7 Å². The molecule has 0 amide bonds. The van der Waals surface area contributed by atoms with E-state index in [2.05, 4.69) is 35.8 Å². The highest BCUT2D eigenvalue weighted by Gasteiger charge is 2.12. The average molecular weight is 336 g/mol. The van der Waals surface area contributed by atoms with Crippen molar-refractivity contribution in [3.8, 4) is 11.3 Å². The van der Waals surface area contributed by atoms with Gasteiger partial charge < -0.3 is 4.90 Å². The first-order valence-corrected chi connectivity index (χ1v) is 7.39. The minimum absolute atomic E-state index is 0. The lowest BCUT2D eigenvalue weighted by molar-refractivity contribution is 0.377. The molecule has 0 aliphatic heterocycles. The Balaban J connectivity index is 0.00000176. The van der Waals surface area contributed by atoms with Crippen molar-refractivity contribution in [2.75, 3.05) is 20.6 Å². The Morgan fingerprint density at radius 1 is 1.09 bits per heavy atom. The summed E-state index contributed by atoms with van der Waals surface area (Å²) in [6, 6.07) is 16.2. The van der Waals surface area contributed by atoms with E-state index in [1.165, 1.54) is 0 Å². The summed E-state index contributed by atoms with van der Waals surface area (Å²) in [5.41, 5.74) is 3.24. The molecule has 0 fully saturated rings. The summed E-state index contributed by atoms with van der Waals surface area (Å²) in [5, 5.41) is 6.65. The van der Waals surface area contributed by atoms with Crippen LogP contribution in [0.2, 0.25) is 5.02 Å². The summed E-state index contributed by atoms with van der Waals surface area (Å²) in [6.45, 7) is 1.81. The van der Waals surface area contributed by atoms with Crippen LogP contribution in [0, 0.1) is 0 Å². The Bertz CT molecular complexity index is 751. The second kappa shape index (κ2) is 7.14. The Morgan fingerprint density at radius 2 is 1.82 bits per heavy atom. The Kier molecular flexibility index (Phi) is 5.46. The third kappa shape index (κ3) is 3.43. The molecule has 0 saturated heterocycles. The first-order valence-electron chi connectivity index (χ1n) is 7.01. The van der Waals surface area contributed by atoms with Crippen LogP contribution in [0.5, 0.6) is 0 Å². The number of hydrogen-bond acceptors (Lipinski definition) is 2. The molecule has 1 heterocycles. The van der Waals surface area contributed by atoms with Crippen molar-refractivity contribution in [2.45, 2.75) is 6.54 Å². The second-order valence-corrected chi connectivity index (χ2v) is 5.84. The standard InChI is InChI=1S/C17H18ClN3.ClH/c1-20(2)10-11-21-16-9-8-14(18)12-15(16)17(19-21)13-6-4-3-5-7-13;/h3-9,12H,10-11H2,1-2H3;1H. The van der Waals surface area contributed by atoms with Gasteiger partial charge in [0.15, 0.2) is 0 Å². The van der Waals surface area contributed by atoms with Crippen LogP contribution in [0.25, 0.3) is 22.2 Å². The lowest BCUT2D eigenvalue weighted by atomic mass is 10.1. The van der Waals surface area contributed by atoms with E-state index < -0.39 is 0 Å². The molecular weight excluding hydrogens is 317 g/mol. The molecule has 0 atom stereocenters. The summed E-state index contributed by atoms with van der Waals surface area (Å²) >= 11 is 6.17. The predicted molar refractivity (Wildman–Crippen MR) is 96.0 cm³/mol. The number of likely N-dealkylation sites (N-methyl/N-ethyl adjacent to an activating group) is 1. The summed E-state index contributed by atoms with van der Waals surface area (Å²) in [7, 11) is 4.14. The van der Waals surface area contributed by atoms with Gasteiger partial charge in [0.2, 0.25) is 0 Å². The molecular formula is C17H19Cl2N3. The maximum Gasteiger partial charge on any atom is 0.100 e. The Labute approximate surface area is 141 Å². The van der Waals surface area contributed by atoms with E-state index in [0.29, 0.717) is 0 Å². The summed E-state index contributed by atoms with van der Waals surface area (Å²) < 4.78 is 2.06.